The van der Waals surface area contributed by atoms with Crippen molar-refractivity contribution in [2.24, 2.45) is 0 Å². The maximum absolute atomic E-state index is 12.0. The lowest BCUT2D eigenvalue weighted by molar-refractivity contribution is -0.124. The third-order valence-corrected chi connectivity index (χ3v) is 3.37. The highest BCUT2D eigenvalue weighted by Gasteiger charge is 2.51. The van der Waals surface area contributed by atoms with E-state index in [-0.39, 0.29) is 5.91 Å². The number of urea groups is 1. The summed E-state index contributed by atoms with van der Waals surface area (Å²) in [7, 11) is 1.92. The van der Waals surface area contributed by atoms with Gasteiger partial charge in [-0.1, -0.05) is 6.07 Å². The van der Waals surface area contributed by atoms with Gasteiger partial charge in [0.2, 0.25) is 0 Å². The summed E-state index contributed by atoms with van der Waals surface area (Å²) in [6.07, 6.45) is 2.24. The van der Waals surface area contributed by atoms with Gasteiger partial charge in [-0.2, -0.15) is 0 Å². The minimum atomic E-state index is -0.937. The molecule has 1 fully saturated rings. The van der Waals surface area contributed by atoms with Crippen LogP contribution in [0.5, 0.6) is 0 Å². The van der Waals surface area contributed by atoms with E-state index in [9.17, 15) is 9.59 Å². The van der Waals surface area contributed by atoms with Gasteiger partial charge in [0.1, 0.15) is 5.82 Å². The van der Waals surface area contributed by atoms with Crippen molar-refractivity contribution in [3.63, 3.8) is 0 Å². The first kappa shape index (κ1) is 10.1. The zero-order valence-electron chi connectivity index (χ0n) is 9.36. The van der Waals surface area contributed by atoms with Crippen LogP contribution in [0.1, 0.15) is 12.0 Å². The molecule has 6 heteroatoms. The fraction of sp³-hybridized carbons (Fsp3) is 0.364. The first-order valence-corrected chi connectivity index (χ1v) is 5.44. The fourth-order valence-electron chi connectivity index (χ4n) is 2.47. The molecule has 0 bridgehead atoms. The maximum Gasteiger partial charge on any atom is 0.322 e. The molecule has 17 heavy (non-hydrogen) atoms. The lowest BCUT2D eigenvalue weighted by atomic mass is 9.84. The molecule has 2 aliphatic rings. The van der Waals surface area contributed by atoms with Gasteiger partial charge in [0.25, 0.3) is 5.91 Å². The summed E-state index contributed by atoms with van der Waals surface area (Å²) in [4.78, 5) is 29.6. The van der Waals surface area contributed by atoms with E-state index in [1.807, 2.05) is 18.0 Å². The molecular weight excluding hydrogens is 220 g/mol. The Kier molecular flexibility index (Phi) is 1.89. The number of carbonyl (C=O) groups is 2. The Hall–Kier alpha value is -2.11. The van der Waals surface area contributed by atoms with Crippen LogP contribution in [-0.2, 0) is 10.3 Å². The smallest absolute Gasteiger partial charge is 0.322 e. The Morgan fingerprint density at radius 3 is 3.00 bits per heavy atom. The highest BCUT2D eigenvalue weighted by molar-refractivity contribution is 6.08. The molecule has 6 nitrogen and oxygen atoms in total. The second-order valence-electron chi connectivity index (χ2n) is 4.36. The van der Waals surface area contributed by atoms with Crippen molar-refractivity contribution < 1.29 is 9.59 Å². The first-order chi connectivity index (χ1) is 8.13. The standard InChI is InChI=1S/C11H12N4O2/c1-15-6-4-11(9(16)13-10(17)14-11)7-3-2-5-12-8(7)15/h2-3,5H,4,6H2,1H3,(H2,13,14,16,17). The van der Waals surface area contributed by atoms with Gasteiger partial charge < -0.3 is 10.2 Å². The predicted octanol–water partition coefficient (Wildman–Crippen LogP) is -0.0438. The molecule has 3 amide bonds. The van der Waals surface area contributed by atoms with Crippen LogP contribution in [0.2, 0.25) is 0 Å². The van der Waals surface area contributed by atoms with Crippen molar-refractivity contribution in [1.29, 1.82) is 0 Å². The third-order valence-electron chi connectivity index (χ3n) is 3.37. The van der Waals surface area contributed by atoms with Crippen LogP contribution in [0.25, 0.3) is 0 Å². The van der Waals surface area contributed by atoms with E-state index in [0.29, 0.717) is 13.0 Å². The number of nitrogens with one attached hydrogen (secondary N) is 2. The molecule has 1 spiro atoms. The van der Waals surface area contributed by atoms with Crippen molar-refractivity contribution in [1.82, 2.24) is 15.6 Å². The van der Waals surface area contributed by atoms with Crippen LogP contribution in [-0.4, -0.2) is 30.5 Å². The molecule has 1 aromatic rings. The molecule has 1 atom stereocenters. The van der Waals surface area contributed by atoms with Crippen molar-refractivity contribution >= 4 is 17.8 Å². The Labute approximate surface area is 98.0 Å². The number of amides is 3. The number of nitrogens with zero attached hydrogens (tertiary/aromatic N) is 2. The zero-order valence-corrected chi connectivity index (χ0v) is 9.36. The van der Waals surface area contributed by atoms with E-state index in [1.54, 1.807) is 12.3 Å². The molecule has 2 N–H and O–H groups in total. The summed E-state index contributed by atoms with van der Waals surface area (Å²) in [5.41, 5.74) is -0.176. The van der Waals surface area contributed by atoms with E-state index in [4.69, 9.17) is 0 Å². The SMILES string of the molecule is CN1CCC2(NC(=O)NC2=O)c2cccnc21. The van der Waals surface area contributed by atoms with Crippen LogP contribution in [0.4, 0.5) is 10.6 Å². The first-order valence-electron chi connectivity index (χ1n) is 5.44. The van der Waals surface area contributed by atoms with Gasteiger partial charge in [-0.05, 0) is 6.07 Å². The molecular formula is C11H12N4O2. The van der Waals surface area contributed by atoms with E-state index in [0.717, 1.165) is 11.4 Å². The summed E-state index contributed by atoms with van der Waals surface area (Å²) >= 11 is 0. The minimum absolute atomic E-state index is 0.287. The number of hydrogen-bond acceptors (Lipinski definition) is 4. The van der Waals surface area contributed by atoms with Crippen LogP contribution < -0.4 is 15.5 Å². The fourth-order valence-corrected chi connectivity index (χ4v) is 2.47. The summed E-state index contributed by atoms with van der Waals surface area (Å²) in [5, 5.41) is 5.03. The second-order valence-corrected chi connectivity index (χ2v) is 4.36. The molecule has 88 valence electrons. The lowest BCUT2D eigenvalue weighted by Gasteiger charge is -2.37. The average molecular weight is 232 g/mol. The number of anilines is 1. The number of pyridine rings is 1. The highest BCUT2D eigenvalue weighted by atomic mass is 16.2. The van der Waals surface area contributed by atoms with E-state index < -0.39 is 11.6 Å². The largest absolute Gasteiger partial charge is 0.359 e. The molecule has 0 saturated carbocycles. The quantitative estimate of drug-likeness (QED) is 0.615. The second kappa shape index (κ2) is 3.19. The van der Waals surface area contributed by atoms with Gasteiger partial charge in [0, 0.05) is 31.8 Å². The minimum Gasteiger partial charge on any atom is -0.359 e. The van der Waals surface area contributed by atoms with Crippen molar-refractivity contribution in [2.75, 3.05) is 18.5 Å². The third kappa shape index (κ3) is 1.23. The molecule has 3 rings (SSSR count). The monoisotopic (exact) mass is 232 g/mol. The van der Waals surface area contributed by atoms with E-state index in [2.05, 4.69) is 15.6 Å². The van der Waals surface area contributed by atoms with E-state index in [1.165, 1.54) is 0 Å². The Bertz CT molecular complexity index is 516. The van der Waals surface area contributed by atoms with Crippen LogP contribution >= 0.6 is 0 Å². The topological polar surface area (TPSA) is 74.3 Å². The lowest BCUT2D eigenvalue weighted by Crippen LogP contribution is -2.50. The average Bonchev–Trinajstić information content (AvgIpc) is 2.61. The highest BCUT2D eigenvalue weighted by Crippen LogP contribution is 2.37. The van der Waals surface area contributed by atoms with Crippen molar-refractivity contribution in [3.05, 3.63) is 23.9 Å². The van der Waals surface area contributed by atoms with Crippen molar-refractivity contribution in [2.45, 2.75) is 12.0 Å². The predicted molar refractivity (Wildman–Crippen MR) is 60.5 cm³/mol. The molecule has 3 heterocycles. The van der Waals surface area contributed by atoms with Gasteiger partial charge in [-0.15, -0.1) is 0 Å². The van der Waals surface area contributed by atoms with Crippen LogP contribution in [0, 0.1) is 0 Å². The van der Waals surface area contributed by atoms with Gasteiger partial charge in [0.05, 0.1) is 0 Å². The molecule has 1 saturated heterocycles. The molecule has 0 radical (unpaired) electrons. The summed E-state index contributed by atoms with van der Waals surface area (Å²) in [5.74, 6) is 0.459. The van der Waals surface area contributed by atoms with Gasteiger partial charge in [0.15, 0.2) is 5.54 Å². The molecule has 2 aliphatic heterocycles. The van der Waals surface area contributed by atoms with E-state index >= 15 is 0 Å². The Morgan fingerprint density at radius 1 is 1.47 bits per heavy atom. The Balaban J connectivity index is 2.18. The number of imide groups is 1. The van der Waals surface area contributed by atoms with Gasteiger partial charge in [-0.3, -0.25) is 10.1 Å². The molecule has 1 unspecified atom stereocenters. The summed E-state index contributed by atoms with van der Waals surface area (Å²) in [6.45, 7) is 0.678. The van der Waals surface area contributed by atoms with Crippen LogP contribution in [0.15, 0.2) is 18.3 Å². The van der Waals surface area contributed by atoms with Gasteiger partial charge in [-0.25, -0.2) is 9.78 Å². The molecule has 0 aromatic carbocycles. The zero-order chi connectivity index (χ0) is 12.0. The number of hydrogen-bond donors (Lipinski definition) is 2. The molecule has 0 aliphatic carbocycles. The number of rotatable bonds is 0. The van der Waals surface area contributed by atoms with Crippen molar-refractivity contribution in [3.8, 4) is 0 Å². The normalized spacial score (nSPS) is 26.8. The number of fused-ring (bicyclic) bond motifs is 2. The van der Waals surface area contributed by atoms with Gasteiger partial charge >= 0.3 is 6.03 Å². The summed E-state index contributed by atoms with van der Waals surface area (Å²) in [6, 6.07) is 3.18. The molecule has 1 aromatic heterocycles. The van der Waals surface area contributed by atoms with Crippen LogP contribution in [0.3, 0.4) is 0 Å². The summed E-state index contributed by atoms with van der Waals surface area (Å²) < 4.78 is 0. The maximum atomic E-state index is 12.0. The number of aromatic nitrogens is 1. The number of carbonyl (C=O) groups excluding carboxylic acids is 2. The Morgan fingerprint density at radius 2 is 2.29 bits per heavy atom.